The van der Waals surface area contributed by atoms with Crippen LogP contribution in [0, 0.1) is 5.82 Å². The Balaban J connectivity index is 1.43. The van der Waals surface area contributed by atoms with Crippen LogP contribution in [0.15, 0.2) is 48.5 Å². The van der Waals surface area contributed by atoms with Crippen LogP contribution in [-0.2, 0) is 9.53 Å². The van der Waals surface area contributed by atoms with E-state index in [-0.39, 0.29) is 31.4 Å². The van der Waals surface area contributed by atoms with E-state index in [0.29, 0.717) is 17.4 Å². The molecule has 0 saturated carbocycles. The summed E-state index contributed by atoms with van der Waals surface area (Å²) in [5, 5.41) is 2.70. The Morgan fingerprint density at radius 1 is 1.21 bits per heavy atom. The van der Waals surface area contributed by atoms with Crippen LogP contribution in [0.5, 0.6) is 5.75 Å². The molecule has 7 heteroatoms. The largest absolute Gasteiger partial charge is 0.484 e. The highest BCUT2D eigenvalue weighted by Crippen LogP contribution is 2.22. The van der Waals surface area contributed by atoms with Gasteiger partial charge in [0.15, 0.2) is 6.61 Å². The van der Waals surface area contributed by atoms with E-state index < -0.39 is 12.2 Å². The fourth-order valence-corrected chi connectivity index (χ4v) is 2.84. The molecular weight excluding hydrogens is 363 g/mol. The summed E-state index contributed by atoms with van der Waals surface area (Å²) in [4.78, 5) is 25.4. The van der Waals surface area contributed by atoms with E-state index in [9.17, 15) is 14.0 Å². The lowest BCUT2D eigenvalue weighted by Crippen LogP contribution is -2.37. The lowest BCUT2D eigenvalue weighted by Gasteiger charge is -2.13. The molecule has 2 amide bonds. The summed E-state index contributed by atoms with van der Waals surface area (Å²) >= 11 is 0. The van der Waals surface area contributed by atoms with Gasteiger partial charge in [0.25, 0.3) is 5.91 Å². The lowest BCUT2D eigenvalue weighted by atomic mass is 10.0. The minimum Gasteiger partial charge on any atom is -0.484 e. The summed E-state index contributed by atoms with van der Waals surface area (Å²) < 4.78 is 23.7. The van der Waals surface area contributed by atoms with Crippen LogP contribution in [-0.4, -0.2) is 37.8 Å². The van der Waals surface area contributed by atoms with Crippen LogP contribution < -0.4 is 15.0 Å². The second-order valence-electron chi connectivity index (χ2n) is 6.91. The third-order valence-corrected chi connectivity index (χ3v) is 4.46. The van der Waals surface area contributed by atoms with Gasteiger partial charge in [0.1, 0.15) is 17.7 Å². The molecule has 6 nitrogen and oxygen atoms in total. The van der Waals surface area contributed by atoms with Gasteiger partial charge in [-0.1, -0.05) is 26.0 Å². The van der Waals surface area contributed by atoms with Crippen molar-refractivity contribution in [1.29, 1.82) is 0 Å². The van der Waals surface area contributed by atoms with Gasteiger partial charge >= 0.3 is 6.09 Å². The summed E-state index contributed by atoms with van der Waals surface area (Å²) in [5.74, 6) is 0.374. The van der Waals surface area contributed by atoms with E-state index in [2.05, 4.69) is 19.2 Å². The van der Waals surface area contributed by atoms with Gasteiger partial charge in [0, 0.05) is 5.69 Å². The topological polar surface area (TPSA) is 67.9 Å². The lowest BCUT2D eigenvalue weighted by molar-refractivity contribution is -0.123. The Kier molecular flexibility index (Phi) is 6.13. The van der Waals surface area contributed by atoms with Crippen molar-refractivity contribution in [2.75, 3.05) is 24.6 Å². The summed E-state index contributed by atoms with van der Waals surface area (Å²) in [7, 11) is 0. The predicted molar refractivity (Wildman–Crippen MR) is 103 cm³/mol. The predicted octanol–water partition coefficient (Wildman–Crippen LogP) is 3.47. The molecule has 1 heterocycles. The monoisotopic (exact) mass is 386 g/mol. The third-order valence-electron chi connectivity index (χ3n) is 4.46. The highest BCUT2D eigenvalue weighted by molar-refractivity contribution is 5.89. The van der Waals surface area contributed by atoms with Crippen LogP contribution in [0.25, 0.3) is 0 Å². The van der Waals surface area contributed by atoms with Crippen LogP contribution in [0.1, 0.15) is 25.3 Å². The number of hydrogen-bond donors (Lipinski definition) is 1. The Labute approximate surface area is 163 Å². The van der Waals surface area contributed by atoms with Crippen LogP contribution in [0.2, 0.25) is 0 Å². The average Bonchev–Trinajstić information content (AvgIpc) is 3.06. The molecule has 3 rings (SSSR count). The van der Waals surface area contributed by atoms with Crippen molar-refractivity contribution >= 4 is 17.7 Å². The number of halogens is 1. The van der Waals surface area contributed by atoms with Crippen LogP contribution >= 0.6 is 0 Å². The molecular formula is C21H23FN2O4. The maximum absolute atomic E-state index is 13.0. The van der Waals surface area contributed by atoms with Crippen LogP contribution in [0.4, 0.5) is 14.9 Å². The van der Waals surface area contributed by atoms with E-state index in [1.807, 2.05) is 24.3 Å². The van der Waals surface area contributed by atoms with Gasteiger partial charge in [0.2, 0.25) is 0 Å². The quantitative estimate of drug-likeness (QED) is 0.791. The van der Waals surface area contributed by atoms with Crippen molar-refractivity contribution < 1.29 is 23.5 Å². The van der Waals surface area contributed by atoms with E-state index in [0.717, 1.165) is 0 Å². The van der Waals surface area contributed by atoms with Gasteiger partial charge in [-0.05, 0) is 47.9 Å². The van der Waals surface area contributed by atoms with Gasteiger partial charge in [-0.15, -0.1) is 0 Å². The number of carbonyl (C=O) groups excluding carboxylic acids is 2. The molecule has 1 N–H and O–H groups in total. The molecule has 1 aliphatic heterocycles. The summed E-state index contributed by atoms with van der Waals surface area (Å²) in [5.41, 5.74) is 1.75. The summed E-state index contributed by atoms with van der Waals surface area (Å²) in [6.07, 6.45) is -1.00. The maximum Gasteiger partial charge on any atom is 0.414 e. The second kappa shape index (κ2) is 8.73. The number of ether oxygens (including phenoxy) is 2. The normalized spacial score (nSPS) is 16.2. The number of hydrogen-bond acceptors (Lipinski definition) is 4. The molecule has 0 unspecified atom stereocenters. The van der Waals surface area contributed by atoms with E-state index in [1.54, 1.807) is 0 Å². The Bertz CT molecular complexity index is 821. The first-order chi connectivity index (χ1) is 13.4. The van der Waals surface area contributed by atoms with E-state index >= 15 is 0 Å². The van der Waals surface area contributed by atoms with E-state index in [4.69, 9.17) is 9.47 Å². The first-order valence-electron chi connectivity index (χ1n) is 9.15. The van der Waals surface area contributed by atoms with Gasteiger partial charge in [-0.25, -0.2) is 9.18 Å². The molecule has 1 saturated heterocycles. The maximum atomic E-state index is 13.0. The minimum absolute atomic E-state index is 0.122. The third kappa shape index (κ3) is 5.00. The number of nitrogens with zero attached hydrogens (tertiary/aromatic N) is 1. The fraction of sp³-hybridized carbons (Fsp3) is 0.333. The van der Waals surface area contributed by atoms with E-state index in [1.165, 1.54) is 34.7 Å². The smallest absolute Gasteiger partial charge is 0.414 e. The molecule has 28 heavy (non-hydrogen) atoms. The number of carbonyl (C=O) groups is 2. The standard InChI is InChI=1S/C21H23FN2O4/c1-14(2)15-3-9-18(10-4-15)27-13-20(25)23-11-19-12-24(21(26)28-19)17-7-5-16(22)6-8-17/h3-10,14,19H,11-13H2,1-2H3,(H,23,25)/t19-/m1/s1. The average molecular weight is 386 g/mol. The van der Waals surface area contributed by atoms with Crippen molar-refractivity contribution in [1.82, 2.24) is 5.32 Å². The molecule has 0 radical (unpaired) electrons. The van der Waals surface area contributed by atoms with Crippen molar-refractivity contribution in [2.24, 2.45) is 0 Å². The minimum atomic E-state index is -0.521. The highest BCUT2D eigenvalue weighted by Gasteiger charge is 2.32. The fourth-order valence-electron chi connectivity index (χ4n) is 2.84. The second-order valence-corrected chi connectivity index (χ2v) is 6.91. The molecule has 0 aliphatic carbocycles. The number of benzene rings is 2. The molecule has 0 bridgehead atoms. The number of nitrogens with one attached hydrogen (secondary N) is 1. The highest BCUT2D eigenvalue weighted by atomic mass is 19.1. The number of rotatable bonds is 7. The molecule has 0 spiro atoms. The molecule has 148 valence electrons. The molecule has 0 aromatic heterocycles. The van der Waals surface area contributed by atoms with Gasteiger partial charge < -0.3 is 14.8 Å². The molecule has 1 aliphatic rings. The Hall–Kier alpha value is -3.09. The summed E-state index contributed by atoms with van der Waals surface area (Å²) in [6, 6.07) is 13.2. The first-order valence-corrected chi connectivity index (χ1v) is 9.15. The molecule has 2 aromatic carbocycles. The number of amides is 2. The summed E-state index contributed by atoms with van der Waals surface area (Å²) in [6.45, 7) is 4.55. The molecule has 1 atom stereocenters. The number of cyclic esters (lactones) is 1. The van der Waals surface area contributed by atoms with Gasteiger partial charge in [-0.2, -0.15) is 0 Å². The van der Waals surface area contributed by atoms with Crippen molar-refractivity contribution in [3.8, 4) is 5.75 Å². The van der Waals surface area contributed by atoms with Crippen molar-refractivity contribution in [3.05, 3.63) is 59.9 Å². The van der Waals surface area contributed by atoms with Crippen molar-refractivity contribution in [2.45, 2.75) is 25.9 Å². The van der Waals surface area contributed by atoms with Gasteiger partial charge in [0.05, 0.1) is 13.1 Å². The number of anilines is 1. The Morgan fingerprint density at radius 2 is 1.89 bits per heavy atom. The van der Waals surface area contributed by atoms with Crippen molar-refractivity contribution in [3.63, 3.8) is 0 Å². The molecule has 1 fully saturated rings. The molecule has 2 aromatic rings. The Morgan fingerprint density at radius 3 is 2.54 bits per heavy atom. The first kappa shape index (κ1) is 19.7. The van der Waals surface area contributed by atoms with Gasteiger partial charge in [-0.3, -0.25) is 9.69 Å². The zero-order valence-electron chi connectivity index (χ0n) is 15.9. The zero-order valence-corrected chi connectivity index (χ0v) is 15.9. The van der Waals surface area contributed by atoms with Crippen LogP contribution in [0.3, 0.4) is 0 Å². The zero-order chi connectivity index (χ0) is 20.1. The SMILES string of the molecule is CC(C)c1ccc(OCC(=O)NC[C@@H]2CN(c3ccc(F)cc3)C(=O)O2)cc1.